The summed E-state index contributed by atoms with van der Waals surface area (Å²) in [5, 5.41) is 73.4. The number of ether oxygens (including phenoxy) is 4. The Morgan fingerprint density at radius 3 is 1.85 bits per heavy atom. The predicted molar refractivity (Wildman–Crippen MR) is 136 cm³/mol. The molecule has 0 saturated carbocycles. The lowest BCUT2D eigenvalue weighted by molar-refractivity contribution is -0.191. The molecule has 0 radical (unpaired) electrons. The number of phenolic OH excluding ortho intramolecular Hbond substituents is 1. The van der Waals surface area contributed by atoms with E-state index in [1.165, 1.54) is 14.2 Å². The van der Waals surface area contributed by atoms with Crippen LogP contribution in [0.15, 0.2) is 39.5 Å². The summed E-state index contributed by atoms with van der Waals surface area (Å²) in [5.74, 6) is -0.292. The molecule has 3 heterocycles. The lowest BCUT2D eigenvalue weighted by Crippen LogP contribution is -2.49. The van der Waals surface area contributed by atoms with Crippen LogP contribution in [0.3, 0.4) is 0 Å². The van der Waals surface area contributed by atoms with Gasteiger partial charge in [-0.15, -0.1) is 0 Å². The molecule has 0 spiro atoms. The summed E-state index contributed by atoms with van der Waals surface area (Å²) < 4.78 is 28.1. The summed E-state index contributed by atoms with van der Waals surface area (Å²) in [4.78, 5) is 13.5. The van der Waals surface area contributed by atoms with Crippen molar-refractivity contribution in [3.8, 4) is 28.6 Å². The Hall–Kier alpha value is -3.27. The van der Waals surface area contributed by atoms with Crippen LogP contribution in [-0.4, -0.2) is 99.8 Å². The zero-order valence-corrected chi connectivity index (χ0v) is 21.5. The van der Waals surface area contributed by atoms with Crippen LogP contribution in [0.25, 0.3) is 22.3 Å². The van der Waals surface area contributed by atoms with Crippen molar-refractivity contribution in [1.29, 1.82) is 0 Å². The first-order valence-electron chi connectivity index (χ1n) is 12.5. The Labute approximate surface area is 227 Å². The number of aromatic hydroxyl groups is 1. The number of fused-ring (bicyclic) bond motifs is 1. The van der Waals surface area contributed by atoms with E-state index >= 15 is 0 Å². The summed E-state index contributed by atoms with van der Waals surface area (Å²) in [6.45, 7) is -0.822. The van der Waals surface area contributed by atoms with E-state index in [9.17, 15) is 40.5 Å². The van der Waals surface area contributed by atoms with Crippen LogP contribution in [0.2, 0.25) is 0 Å². The van der Waals surface area contributed by atoms with E-state index in [1.807, 2.05) is 0 Å². The quantitative estimate of drug-likeness (QED) is 0.209. The van der Waals surface area contributed by atoms with Crippen molar-refractivity contribution in [2.75, 3.05) is 27.4 Å². The number of hydrogen-bond acceptors (Lipinski definition) is 13. The standard InChI is InChI=1S/C27H30O13/c1-36-11-5-3-10(4-6-11)15-7-12(28)16-21(33)17(26-22(34)19(31)13(29)8-38-26)24(37-2)18(25(16)40-15)27-23(35)20(32)14(30)9-39-27/h3-7,13-14,19-20,22-23,26-27,29-35H,8-9H2,1-2H3/t13-,14-,19-,20-,22+,23+,26-,27-/m0/s1. The number of benzene rings is 2. The highest BCUT2D eigenvalue weighted by atomic mass is 16.5. The topological polar surface area (TPSA) is 209 Å². The minimum absolute atomic E-state index is 0.0778. The number of phenols is 1. The zero-order chi connectivity index (χ0) is 28.9. The van der Waals surface area contributed by atoms with Crippen LogP contribution in [-0.2, 0) is 9.47 Å². The molecule has 2 fully saturated rings. The summed E-state index contributed by atoms with van der Waals surface area (Å²) >= 11 is 0. The highest BCUT2D eigenvalue weighted by molar-refractivity contribution is 5.92. The highest BCUT2D eigenvalue weighted by Crippen LogP contribution is 2.50. The van der Waals surface area contributed by atoms with Crippen LogP contribution >= 0.6 is 0 Å². The summed E-state index contributed by atoms with van der Waals surface area (Å²) in [5.41, 5.74) is -0.893. The van der Waals surface area contributed by atoms with Crippen LogP contribution in [0, 0.1) is 0 Å². The van der Waals surface area contributed by atoms with E-state index < -0.39 is 73.2 Å². The Morgan fingerprint density at radius 1 is 0.775 bits per heavy atom. The fourth-order valence-corrected chi connectivity index (χ4v) is 5.16. The van der Waals surface area contributed by atoms with E-state index in [0.717, 1.165) is 6.07 Å². The van der Waals surface area contributed by atoms with Gasteiger partial charge in [-0.1, -0.05) is 0 Å². The molecule has 13 nitrogen and oxygen atoms in total. The van der Waals surface area contributed by atoms with Gasteiger partial charge in [0.05, 0.1) is 38.6 Å². The normalized spacial score (nSPS) is 30.8. The third-order valence-electron chi connectivity index (χ3n) is 7.32. The molecule has 7 N–H and O–H groups in total. The smallest absolute Gasteiger partial charge is 0.197 e. The first kappa shape index (κ1) is 28.3. The largest absolute Gasteiger partial charge is 0.506 e. The third kappa shape index (κ3) is 4.60. The van der Waals surface area contributed by atoms with E-state index in [0.29, 0.717) is 11.3 Å². The maximum absolute atomic E-state index is 13.5. The molecular formula is C27H30O13. The van der Waals surface area contributed by atoms with E-state index in [2.05, 4.69) is 0 Å². The van der Waals surface area contributed by atoms with Gasteiger partial charge in [-0.05, 0) is 24.3 Å². The van der Waals surface area contributed by atoms with Crippen molar-refractivity contribution in [1.82, 2.24) is 0 Å². The second-order valence-electron chi connectivity index (χ2n) is 9.72. The number of aliphatic hydroxyl groups is 6. The molecule has 5 rings (SSSR count). The number of rotatable bonds is 5. The molecule has 1 aromatic heterocycles. The minimum atomic E-state index is -1.76. The van der Waals surface area contributed by atoms with E-state index in [1.54, 1.807) is 24.3 Å². The van der Waals surface area contributed by atoms with Gasteiger partial charge in [-0.3, -0.25) is 4.79 Å². The maximum Gasteiger partial charge on any atom is 0.197 e. The number of hydrogen-bond donors (Lipinski definition) is 7. The fraction of sp³-hybridized carbons (Fsp3) is 0.444. The second kappa shape index (κ2) is 11.0. The summed E-state index contributed by atoms with van der Waals surface area (Å²) in [6, 6.07) is 7.71. The molecule has 2 aliphatic rings. The first-order valence-corrected chi connectivity index (χ1v) is 12.5. The number of aliphatic hydroxyl groups excluding tert-OH is 6. The van der Waals surface area contributed by atoms with Gasteiger partial charge in [0, 0.05) is 11.6 Å². The van der Waals surface area contributed by atoms with E-state index in [4.69, 9.17) is 23.4 Å². The van der Waals surface area contributed by atoms with Gasteiger partial charge in [0.2, 0.25) is 0 Å². The van der Waals surface area contributed by atoms with Crippen molar-refractivity contribution in [3.05, 3.63) is 51.7 Å². The van der Waals surface area contributed by atoms with Crippen molar-refractivity contribution >= 4 is 11.0 Å². The van der Waals surface area contributed by atoms with Crippen LogP contribution in [0.4, 0.5) is 0 Å². The molecule has 3 aromatic rings. The van der Waals surface area contributed by atoms with Gasteiger partial charge in [0.1, 0.15) is 77.2 Å². The summed E-state index contributed by atoms with van der Waals surface area (Å²) in [6.07, 6.45) is -12.6. The van der Waals surface area contributed by atoms with Crippen molar-refractivity contribution in [3.63, 3.8) is 0 Å². The Kier molecular flexibility index (Phi) is 7.74. The fourth-order valence-electron chi connectivity index (χ4n) is 5.16. The lowest BCUT2D eigenvalue weighted by Gasteiger charge is -2.38. The highest BCUT2D eigenvalue weighted by Gasteiger charge is 2.46. The SMILES string of the molecule is COc1ccc(-c2cc(=O)c3c(O)c([C@@H]4OC[C@H](O)[C@H](O)[C@H]4O)c(OC)c([C@@H]4OC[C@H](O)[C@H](O)[C@H]4O)c3o2)cc1. The minimum Gasteiger partial charge on any atom is -0.506 e. The Bertz CT molecular complexity index is 1440. The zero-order valence-electron chi connectivity index (χ0n) is 21.5. The monoisotopic (exact) mass is 562 g/mol. The molecule has 216 valence electrons. The molecule has 8 atom stereocenters. The van der Waals surface area contributed by atoms with Crippen molar-refractivity contribution in [2.24, 2.45) is 0 Å². The Balaban J connectivity index is 1.81. The van der Waals surface area contributed by atoms with Gasteiger partial charge < -0.3 is 59.1 Å². The number of methoxy groups -OCH3 is 2. The summed E-state index contributed by atoms with van der Waals surface area (Å²) in [7, 11) is 2.71. The molecule has 0 unspecified atom stereocenters. The molecule has 2 aromatic carbocycles. The van der Waals surface area contributed by atoms with Crippen LogP contribution in [0.1, 0.15) is 23.3 Å². The van der Waals surface area contributed by atoms with Crippen LogP contribution in [0.5, 0.6) is 17.2 Å². The van der Waals surface area contributed by atoms with Gasteiger partial charge in [0.25, 0.3) is 0 Å². The van der Waals surface area contributed by atoms with Gasteiger partial charge in [0.15, 0.2) is 11.0 Å². The van der Waals surface area contributed by atoms with Crippen molar-refractivity contribution < 1.29 is 59.1 Å². The average molecular weight is 563 g/mol. The second-order valence-corrected chi connectivity index (χ2v) is 9.72. The molecule has 2 aliphatic heterocycles. The molecular weight excluding hydrogens is 532 g/mol. The molecule has 13 heteroatoms. The predicted octanol–water partition coefficient (Wildman–Crippen LogP) is -0.509. The maximum atomic E-state index is 13.5. The average Bonchev–Trinajstić information content (AvgIpc) is 2.95. The molecule has 0 amide bonds. The van der Waals surface area contributed by atoms with Gasteiger partial charge in [-0.2, -0.15) is 0 Å². The van der Waals surface area contributed by atoms with E-state index in [-0.39, 0.29) is 33.6 Å². The molecule has 0 aliphatic carbocycles. The third-order valence-corrected chi connectivity index (χ3v) is 7.32. The van der Waals surface area contributed by atoms with Crippen molar-refractivity contribution in [2.45, 2.75) is 48.8 Å². The van der Waals surface area contributed by atoms with Gasteiger partial charge in [-0.25, -0.2) is 0 Å². The lowest BCUT2D eigenvalue weighted by atomic mass is 9.86. The van der Waals surface area contributed by atoms with Crippen LogP contribution < -0.4 is 14.9 Å². The Morgan fingerprint density at radius 2 is 1.32 bits per heavy atom. The molecule has 0 bridgehead atoms. The van der Waals surface area contributed by atoms with Gasteiger partial charge >= 0.3 is 0 Å². The first-order chi connectivity index (χ1) is 19.1. The molecule has 40 heavy (non-hydrogen) atoms. The molecule has 2 saturated heterocycles.